The minimum Gasteiger partial charge on any atom is -0.381 e. The molecule has 1 N–H and O–H groups in total. The van der Waals surface area contributed by atoms with Crippen LogP contribution in [-0.4, -0.2) is 17.6 Å². The molecule has 4 rings (SSSR count). The van der Waals surface area contributed by atoms with Gasteiger partial charge in [-0.05, 0) is 25.0 Å². The van der Waals surface area contributed by atoms with Gasteiger partial charge in [-0.3, -0.25) is 0 Å². The van der Waals surface area contributed by atoms with Crippen LogP contribution in [0.4, 0.5) is 10.1 Å². The average Bonchev–Trinajstić information content (AvgIpc) is 3.27. The predicted molar refractivity (Wildman–Crippen MR) is 76.7 cm³/mol. The molecule has 0 spiro atoms. The highest BCUT2D eigenvalue weighted by atomic mass is 35.5. The quantitative estimate of drug-likeness (QED) is 0.917. The fourth-order valence-electron chi connectivity index (χ4n) is 2.68. The number of hydrogen-bond acceptors (Lipinski definition) is 3. The lowest BCUT2D eigenvalue weighted by Gasteiger charge is -2.22. The number of pyridine rings is 1. The first-order valence-corrected chi connectivity index (χ1v) is 7.25. The molecule has 0 radical (unpaired) electrons. The molecule has 1 aliphatic carbocycles. The molecule has 0 atom stereocenters. The van der Waals surface area contributed by atoms with Gasteiger partial charge in [0.05, 0.1) is 29.6 Å². The fraction of sp³-hybridized carbons (Fsp3) is 0.400. The van der Waals surface area contributed by atoms with Gasteiger partial charge in [0.2, 0.25) is 0 Å². The van der Waals surface area contributed by atoms with Crippen molar-refractivity contribution in [1.82, 2.24) is 4.98 Å². The Balaban J connectivity index is 2.03. The van der Waals surface area contributed by atoms with Crippen LogP contribution in [0.25, 0.3) is 10.9 Å². The van der Waals surface area contributed by atoms with Crippen LogP contribution in [0.1, 0.15) is 24.1 Å². The van der Waals surface area contributed by atoms with Crippen molar-refractivity contribution in [3.63, 3.8) is 0 Å². The molecule has 3 nitrogen and oxygen atoms in total. The van der Waals surface area contributed by atoms with Crippen LogP contribution in [0, 0.1) is 5.82 Å². The first-order chi connectivity index (χ1) is 9.74. The van der Waals surface area contributed by atoms with Crippen LogP contribution in [0.5, 0.6) is 0 Å². The van der Waals surface area contributed by atoms with Crippen LogP contribution >= 0.6 is 11.6 Å². The van der Waals surface area contributed by atoms with Crippen LogP contribution in [0.2, 0.25) is 5.02 Å². The molecule has 1 aliphatic heterocycles. The molecule has 0 amide bonds. The van der Waals surface area contributed by atoms with Gasteiger partial charge in [-0.25, -0.2) is 9.37 Å². The Morgan fingerprint density at radius 2 is 2.20 bits per heavy atom. The number of halogens is 2. The summed E-state index contributed by atoms with van der Waals surface area (Å²) in [5.41, 5.74) is 3.23. The molecule has 1 fully saturated rings. The normalized spacial score (nSPS) is 18.1. The van der Waals surface area contributed by atoms with Crippen LogP contribution in [0.15, 0.2) is 12.1 Å². The number of benzene rings is 1. The third-order valence-corrected chi connectivity index (χ3v) is 4.20. The minimum absolute atomic E-state index is 0.322. The van der Waals surface area contributed by atoms with E-state index in [2.05, 4.69) is 10.3 Å². The monoisotopic (exact) mass is 292 g/mol. The maximum absolute atomic E-state index is 14.1. The molecular weight excluding hydrogens is 279 g/mol. The second-order valence-corrected chi connectivity index (χ2v) is 5.79. The van der Waals surface area contributed by atoms with Crippen molar-refractivity contribution in [3.05, 3.63) is 34.2 Å². The first-order valence-electron chi connectivity index (χ1n) is 6.88. The van der Waals surface area contributed by atoms with Crippen molar-refractivity contribution in [2.24, 2.45) is 0 Å². The lowest BCUT2D eigenvalue weighted by atomic mass is 10.0. The summed E-state index contributed by atoms with van der Waals surface area (Å²) in [6.07, 6.45) is 3.01. The number of fused-ring (bicyclic) bond motifs is 2. The van der Waals surface area contributed by atoms with Crippen molar-refractivity contribution in [1.29, 1.82) is 0 Å². The standard InChI is InChI=1S/C15H14ClFN2O/c16-10-3-4-11(17)15-13(10)14(18-8-1-2-8)9-7-20-6-5-12(9)19-15/h3-4,8H,1-2,5-7H2,(H,18,19). The lowest BCUT2D eigenvalue weighted by molar-refractivity contribution is 0.110. The van der Waals surface area contributed by atoms with Gasteiger partial charge in [0, 0.05) is 23.4 Å². The van der Waals surface area contributed by atoms with E-state index in [-0.39, 0.29) is 5.82 Å². The van der Waals surface area contributed by atoms with Crippen molar-refractivity contribution in [3.8, 4) is 0 Å². The van der Waals surface area contributed by atoms with Gasteiger partial charge in [0.1, 0.15) is 11.3 Å². The molecule has 20 heavy (non-hydrogen) atoms. The number of hydrogen-bond donors (Lipinski definition) is 1. The second kappa shape index (κ2) is 4.57. The van der Waals surface area contributed by atoms with E-state index in [4.69, 9.17) is 16.3 Å². The molecule has 2 aromatic rings. The largest absolute Gasteiger partial charge is 0.381 e. The Bertz CT molecular complexity index is 700. The lowest BCUT2D eigenvalue weighted by Crippen LogP contribution is -2.16. The summed E-state index contributed by atoms with van der Waals surface area (Å²) < 4.78 is 19.6. The Hall–Kier alpha value is -1.39. The Labute approximate surface area is 121 Å². The summed E-state index contributed by atoms with van der Waals surface area (Å²) in [6.45, 7) is 1.15. The average molecular weight is 293 g/mol. The highest BCUT2D eigenvalue weighted by molar-refractivity contribution is 6.36. The Kier molecular flexibility index (Phi) is 2.82. The highest BCUT2D eigenvalue weighted by Gasteiger charge is 2.27. The van der Waals surface area contributed by atoms with Crippen molar-refractivity contribution >= 4 is 28.2 Å². The van der Waals surface area contributed by atoms with Crippen LogP contribution < -0.4 is 5.32 Å². The molecule has 1 aromatic carbocycles. The Morgan fingerprint density at radius 1 is 1.35 bits per heavy atom. The predicted octanol–water partition coefficient (Wildman–Crippen LogP) is 3.67. The summed E-state index contributed by atoms with van der Waals surface area (Å²) in [5.74, 6) is -0.322. The molecule has 2 aliphatic rings. The van der Waals surface area contributed by atoms with Gasteiger partial charge >= 0.3 is 0 Å². The van der Waals surface area contributed by atoms with Gasteiger partial charge in [-0.1, -0.05) is 11.6 Å². The molecule has 1 aromatic heterocycles. The van der Waals surface area contributed by atoms with E-state index in [1.54, 1.807) is 6.07 Å². The van der Waals surface area contributed by atoms with E-state index in [0.717, 1.165) is 36.2 Å². The summed E-state index contributed by atoms with van der Waals surface area (Å²) in [4.78, 5) is 4.49. The number of aromatic nitrogens is 1. The molecule has 104 valence electrons. The van der Waals surface area contributed by atoms with Gasteiger partial charge in [-0.2, -0.15) is 0 Å². The maximum Gasteiger partial charge on any atom is 0.149 e. The van der Waals surface area contributed by atoms with Gasteiger partial charge < -0.3 is 10.1 Å². The summed E-state index contributed by atoms with van der Waals surface area (Å²) in [6, 6.07) is 3.44. The fourth-order valence-corrected chi connectivity index (χ4v) is 2.93. The molecule has 0 unspecified atom stereocenters. The molecule has 2 heterocycles. The number of nitrogens with zero attached hydrogens (tertiary/aromatic N) is 1. The van der Waals surface area contributed by atoms with E-state index in [9.17, 15) is 4.39 Å². The summed E-state index contributed by atoms with van der Waals surface area (Å²) >= 11 is 6.29. The summed E-state index contributed by atoms with van der Waals surface area (Å²) in [5, 5.41) is 4.70. The number of anilines is 1. The second-order valence-electron chi connectivity index (χ2n) is 5.39. The number of ether oxygens (including phenoxy) is 1. The van der Waals surface area contributed by atoms with Crippen molar-refractivity contribution in [2.45, 2.75) is 31.9 Å². The smallest absolute Gasteiger partial charge is 0.149 e. The third kappa shape index (κ3) is 1.95. The van der Waals surface area contributed by atoms with E-state index >= 15 is 0 Å². The number of nitrogens with one attached hydrogen (secondary N) is 1. The van der Waals surface area contributed by atoms with Crippen molar-refractivity contribution in [2.75, 3.05) is 11.9 Å². The van der Waals surface area contributed by atoms with E-state index < -0.39 is 0 Å². The SMILES string of the molecule is Fc1ccc(Cl)c2c(NC3CC3)c3c(nc12)CCOC3. The zero-order chi connectivity index (χ0) is 13.7. The maximum atomic E-state index is 14.1. The van der Waals surface area contributed by atoms with Crippen LogP contribution in [-0.2, 0) is 17.8 Å². The number of rotatable bonds is 2. The zero-order valence-electron chi connectivity index (χ0n) is 10.9. The summed E-state index contributed by atoms with van der Waals surface area (Å²) in [7, 11) is 0. The minimum atomic E-state index is -0.322. The molecule has 0 bridgehead atoms. The zero-order valence-corrected chi connectivity index (χ0v) is 11.6. The first kappa shape index (κ1) is 12.4. The Morgan fingerprint density at radius 3 is 3.00 bits per heavy atom. The van der Waals surface area contributed by atoms with E-state index in [0.29, 0.717) is 35.2 Å². The topological polar surface area (TPSA) is 34.2 Å². The van der Waals surface area contributed by atoms with Gasteiger partial charge in [0.15, 0.2) is 0 Å². The van der Waals surface area contributed by atoms with E-state index in [1.165, 1.54) is 6.07 Å². The molecular formula is C15H14ClFN2O. The van der Waals surface area contributed by atoms with Gasteiger partial charge in [-0.15, -0.1) is 0 Å². The highest BCUT2D eigenvalue weighted by Crippen LogP contribution is 2.39. The molecule has 1 saturated carbocycles. The molecule has 5 heteroatoms. The van der Waals surface area contributed by atoms with Gasteiger partial charge in [0.25, 0.3) is 0 Å². The van der Waals surface area contributed by atoms with E-state index in [1.807, 2.05) is 0 Å². The van der Waals surface area contributed by atoms with Crippen LogP contribution in [0.3, 0.4) is 0 Å². The van der Waals surface area contributed by atoms with Crippen molar-refractivity contribution < 1.29 is 9.13 Å². The molecule has 0 saturated heterocycles. The third-order valence-electron chi connectivity index (χ3n) is 3.88.